The maximum absolute atomic E-state index is 11.4. The third-order valence-electron chi connectivity index (χ3n) is 2.13. The number of amides is 2. The average Bonchev–Trinajstić information content (AvgIpc) is 2.14. The fraction of sp³-hybridized carbons (Fsp3) is 0.900. The predicted octanol–water partition coefficient (Wildman–Crippen LogP) is 1.20. The summed E-state index contributed by atoms with van der Waals surface area (Å²) in [5.41, 5.74) is 0. The lowest BCUT2D eigenvalue weighted by Gasteiger charge is -2.19. The summed E-state index contributed by atoms with van der Waals surface area (Å²) in [6.45, 7) is 7.78. The first-order valence-corrected chi connectivity index (χ1v) is 5.32. The Bertz CT molecular complexity index is 156. The number of aliphatic hydroxyl groups is 1. The molecule has 0 bridgehead atoms. The molecule has 14 heavy (non-hydrogen) atoms. The lowest BCUT2D eigenvalue weighted by Crippen LogP contribution is -2.40. The van der Waals surface area contributed by atoms with Crippen molar-refractivity contribution in [3.63, 3.8) is 0 Å². The zero-order chi connectivity index (χ0) is 11.0. The van der Waals surface area contributed by atoms with Crippen LogP contribution in [-0.4, -0.2) is 41.8 Å². The van der Waals surface area contributed by atoms with Gasteiger partial charge in [0, 0.05) is 19.6 Å². The van der Waals surface area contributed by atoms with Gasteiger partial charge in [0.1, 0.15) is 0 Å². The van der Waals surface area contributed by atoms with Gasteiger partial charge in [0.05, 0.1) is 6.10 Å². The Morgan fingerprint density at radius 3 is 2.43 bits per heavy atom. The molecule has 0 aliphatic carbocycles. The minimum absolute atomic E-state index is 0.0133. The van der Waals surface area contributed by atoms with Crippen LogP contribution in [0.15, 0.2) is 0 Å². The smallest absolute Gasteiger partial charge is 0.317 e. The van der Waals surface area contributed by atoms with Crippen molar-refractivity contribution in [2.45, 2.75) is 39.7 Å². The summed E-state index contributed by atoms with van der Waals surface area (Å²) in [5, 5.41) is 11.8. The SMILES string of the molecule is CCN(CC)C(=O)NCCCC(C)O. The number of hydrogen-bond donors (Lipinski definition) is 2. The van der Waals surface area contributed by atoms with E-state index in [0.717, 1.165) is 25.9 Å². The van der Waals surface area contributed by atoms with Crippen molar-refractivity contribution in [1.82, 2.24) is 10.2 Å². The molecule has 0 fully saturated rings. The molecule has 0 aromatic carbocycles. The first kappa shape index (κ1) is 13.2. The summed E-state index contributed by atoms with van der Waals surface area (Å²) in [7, 11) is 0. The highest BCUT2D eigenvalue weighted by Crippen LogP contribution is 1.94. The van der Waals surface area contributed by atoms with Gasteiger partial charge in [-0.15, -0.1) is 0 Å². The highest BCUT2D eigenvalue weighted by molar-refractivity contribution is 5.73. The van der Waals surface area contributed by atoms with Crippen LogP contribution in [0.5, 0.6) is 0 Å². The van der Waals surface area contributed by atoms with Gasteiger partial charge in [-0.3, -0.25) is 0 Å². The highest BCUT2D eigenvalue weighted by Gasteiger charge is 2.07. The molecule has 0 spiro atoms. The van der Waals surface area contributed by atoms with Crippen LogP contribution >= 0.6 is 0 Å². The topological polar surface area (TPSA) is 52.6 Å². The average molecular weight is 202 g/mol. The fourth-order valence-corrected chi connectivity index (χ4v) is 1.22. The molecule has 1 unspecified atom stereocenters. The first-order valence-electron chi connectivity index (χ1n) is 5.32. The maximum atomic E-state index is 11.4. The van der Waals surface area contributed by atoms with Crippen LogP contribution in [0.25, 0.3) is 0 Å². The van der Waals surface area contributed by atoms with Crippen molar-refractivity contribution in [2.24, 2.45) is 0 Å². The molecule has 4 nitrogen and oxygen atoms in total. The van der Waals surface area contributed by atoms with Crippen molar-refractivity contribution in [3.05, 3.63) is 0 Å². The molecule has 84 valence electrons. The van der Waals surface area contributed by atoms with E-state index in [0.29, 0.717) is 6.54 Å². The number of rotatable bonds is 6. The third-order valence-corrected chi connectivity index (χ3v) is 2.13. The van der Waals surface area contributed by atoms with Gasteiger partial charge in [-0.2, -0.15) is 0 Å². The third kappa shape index (κ3) is 5.80. The molecule has 0 heterocycles. The normalized spacial score (nSPS) is 12.3. The summed E-state index contributed by atoms with van der Waals surface area (Å²) in [4.78, 5) is 13.1. The quantitative estimate of drug-likeness (QED) is 0.636. The van der Waals surface area contributed by atoms with Crippen molar-refractivity contribution in [1.29, 1.82) is 0 Å². The molecule has 2 N–H and O–H groups in total. The standard InChI is InChI=1S/C10H22N2O2/c1-4-12(5-2)10(14)11-8-6-7-9(3)13/h9,13H,4-8H2,1-3H3,(H,11,14). The second kappa shape index (κ2) is 7.62. The van der Waals surface area contributed by atoms with Crippen LogP contribution in [0.2, 0.25) is 0 Å². The molecule has 0 aliphatic heterocycles. The van der Waals surface area contributed by atoms with E-state index in [-0.39, 0.29) is 12.1 Å². The van der Waals surface area contributed by atoms with Crippen molar-refractivity contribution >= 4 is 6.03 Å². The largest absolute Gasteiger partial charge is 0.393 e. The Morgan fingerprint density at radius 1 is 1.43 bits per heavy atom. The van der Waals surface area contributed by atoms with E-state index in [2.05, 4.69) is 5.32 Å². The molecular formula is C10H22N2O2. The van der Waals surface area contributed by atoms with Crippen LogP contribution in [0.3, 0.4) is 0 Å². The van der Waals surface area contributed by atoms with Gasteiger partial charge in [-0.25, -0.2) is 4.79 Å². The molecule has 0 radical (unpaired) electrons. The zero-order valence-corrected chi connectivity index (χ0v) is 9.42. The van der Waals surface area contributed by atoms with Crippen LogP contribution < -0.4 is 5.32 Å². The molecule has 0 saturated carbocycles. The van der Waals surface area contributed by atoms with E-state index < -0.39 is 0 Å². The maximum Gasteiger partial charge on any atom is 0.317 e. The van der Waals surface area contributed by atoms with Crippen LogP contribution in [0.1, 0.15) is 33.6 Å². The van der Waals surface area contributed by atoms with E-state index >= 15 is 0 Å². The van der Waals surface area contributed by atoms with Crippen molar-refractivity contribution in [3.8, 4) is 0 Å². The van der Waals surface area contributed by atoms with Gasteiger partial charge >= 0.3 is 6.03 Å². The number of aliphatic hydroxyl groups excluding tert-OH is 1. The Balaban J connectivity index is 3.52. The number of nitrogens with zero attached hydrogens (tertiary/aromatic N) is 1. The van der Waals surface area contributed by atoms with E-state index in [9.17, 15) is 4.79 Å². The lowest BCUT2D eigenvalue weighted by molar-refractivity contribution is 0.179. The van der Waals surface area contributed by atoms with Crippen molar-refractivity contribution in [2.75, 3.05) is 19.6 Å². The van der Waals surface area contributed by atoms with Gasteiger partial charge in [0.15, 0.2) is 0 Å². The molecule has 0 saturated heterocycles. The predicted molar refractivity (Wildman–Crippen MR) is 57.2 cm³/mol. The van der Waals surface area contributed by atoms with Crippen LogP contribution in [0.4, 0.5) is 4.79 Å². The molecule has 0 aromatic heterocycles. The van der Waals surface area contributed by atoms with Gasteiger partial charge in [0.25, 0.3) is 0 Å². The number of carbonyl (C=O) groups excluding carboxylic acids is 1. The number of hydrogen-bond acceptors (Lipinski definition) is 2. The molecule has 0 aromatic rings. The van der Waals surface area contributed by atoms with E-state index in [1.54, 1.807) is 11.8 Å². The summed E-state index contributed by atoms with van der Waals surface area (Å²) in [6, 6.07) is -0.0133. The summed E-state index contributed by atoms with van der Waals surface area (Å²) in [6.07, 6.45) is 1.28. The van der Waals surface area contributed by atoms with Gasteiger partial charge in [0.2, 0.25) is 0 Å². The monoisotopic (exact) mass is 202 g/mol. The minimum Gasteiger partial charge on any atom is -0.393 e. The van der Waals surface area contributed by atoms with Gasteiger partial charge < -0.3 is 15.3 Å². The molecular weight excluding hydrogens is 180 g/mol. The number of nitrogens with one attached hydrogen (secondary N) is 1. The minimum atomic E-state index is -0.277. The first-order chi connectivity index (χ1) is 6.61. The Labute approximate surface area is 86.3 Å². The van der Waals surface area contributed by atoms with Gasteiger partial charge in [-0.05, 0) is 33.6 Å². The molecule has 0 rings (SSSR count). The molecule has 2 amide bonds. The zero-order valence-electron chi connectivity index (χ0n) is 9.42. The van der Waals surface area contributed by atoms with Crippen LogP contribution in [0, 0.1) is 0 Å². The van der Waals surface area contributed by atoms with Crippen LogP contribution in [-0.2, 0) is 0 Å². The molecule has 4 heteroatoms. The van der Waals surface area contributed by atoms with E-state index in [4.69, 9.17) is 5.11 Å². The second-order valence-corrected chi connectivity index (χ2v) is 3.40. The summed E-state index contributed by atoms with van der Waals surface area (Å²) in [5.74, 6) is 0. The number of urea groups is 1. The van der Waals surface area contributed by atoms with E-state index in [1.807, 2.05) is 13.8 Å². The molecule has 1 atom stereocenters. The summed E-state index contributed by atoms with van der Waals surface area (Å²) < 4.78 is 0. The Morgan fingerprint density at radius 2 is 2.00 bits per heavy atom. The highest BCUT2D eigenvalue weighted by atomic mass is 16.3. The van der Waals surface area contributed by atoms with Gasteiger partial charge in [-0.1, -0.05) is 0 Å². The number of carbonyl (C=O) groups is 1. The van der Waals surface area contributed by atoms with Crippen molar-refractivity contribution < 1.29 is 9.90 Å². The van der Waals surface area contributed by atoms with E-state index in [1.165, 1.54) is 0 Å². The second-order valence-electron chi connectivity index (χ2n) is 3.40. The summed E-state index contributed by atoms with van der Waals surface area (Å²) >= 11 is 0. The lowest BCUT2D eigenvalue weighted by atomic mass is 10.2. The fourth-order valence-electron chi connectivity index (χ4n) is 1.22. The Hall–Kier alpha value is -0.770. The molecule has 0 aliphatic rings. The Kier molecular flexibility index (Phi) is 7.20.